The van der Waals surface area contributed by atoms with Crippen LogP contribution in [0.2, 0.25) is 0 Å². The Morgan fingerprint density at radius 3 is 2.80 bits per heavy atom. The first-order valence-electron chi connectivity index (χ1n) is 6.99. The molecule has 1 atom stereocenters. The van der Waals surface area contributed by atoms with E-state index in [1.807, 2.05) is 12.3 Å². The molecule has 1 aromatic carbocycles. The highest BCUT2D eigenvalue weighted by molar-refractivity contribution is 5.72. The van der Waals surface area contributed by atoms with Gasteiger partial charge in [-0.3, -0.25) is 4.79 Å². The molecule has 20 heavy (non-hydrogen) atoms. The lowest BCUT2D eigenvalue weighted by Gasteiger charge is -2.33. The quantitative estimate of drug-likeness (QED) is 0.713. The van der Waals surface area contributed by atoms with Gasteiger partial charge in [0.1, 0.15) is 5.75 Å². The Balaban J connectivity index is 1.84. The first-order chi connectivity index (χ1) is 9.78. The van der Waals surface area contributed by atoms with Gasteiger partial charge >= 0.3 is 0 Å². The number of hydrogen-bond acceptors (Lipinski definition) is 5. The van der Waals surface area contributed by atoms with E-state index in [4.69, 9.17) is 0 Å². The first-order valence-corrected chi connectivity index (χ1v) is 6.99. The molecule has 0 saturated carbocycles. The van der Waals surface area contributed by atoms with E-state index < -0.39 is 0 Å². The van der Waals surface area contributed by atoms with Crippen LogP contribution in [-0.2, 0) is 4.79 Å². The summed E-state index contributed by atoms with van der Waals surface area (Å²) in [4.78, 5) is 13.4. The Labute approximate surface area is 118 Å². The zero-order valence-corrected chi connectivity index (χ0v) is 11.2. The summed E-state index contributed by atoms with van der Waals surface area (Å²) in [5, 5.41) is 16.1. The maximum Gasteiger partial charge on any atom is 0.162 e. The highest BCUT2D eigenvalue weighted by Crippen LogP contribution is 2.26. The highest BCUT2D eigenvalue weighted by Gasteiger charge is 2.30. The largest absolute Gasteiger partial charge is 0.508 e. The third-order valence-electron chi connectivity index (χ3n) is 3.92. The minimum Gasteiger partial charge on any atom is -0.508 e. The van der Waals surface area contributed by atoms with Crippen LogP contribution in [0.3, 0.4) is 0 Å². The van der Waals surface area contributed by atoms with Gasteiger partial charge in [-0.05, 0) is 38.1 Å². The van der Waals surface area contributed by atoms with Crippen LogP contribution in [0.25, 0.3) is 5.70 Å². The topological polar surface area (TPSA) is 64.6 Å². The second-order valence-corrected chi connectivity index (χ2v) is 5.25. The average molecular weight is 273 g/mol. The molecule has 0 spiro atoms. The highest BCUT2D eigenvalue weighted by atomic mass is 16.3. The van der Waals surface area contributed by atoms with Crippen LogP contribution in [0.4, 0.5) is 0 Å². The maximum absolute atomic E-state index is 11.3. The lowest BCUT2D eigenvalue weighted by atomic mass is 10.1. The van der Waals surface area contributed by atoms with E-state index in [1.54, 1.807) is 18.2 Å². The van der Waals surface area contributed by atoms with Gasteiger partial charge in [-0.2, -0.15) is 0 Å². The van der Waals surface area contributed by atoms with E-state index in [9.17, 15) is 9.90 Å². The maximum atomic E-state index is 11.3. The minimum absolute atomic E-state index is 0.230. The number of phenolic OH excluding ortho intramolecular Hbond substituents is 1. The third kappa shape index (κ3) is 2.49. The van der Waals surface area contributed by atoms with Crippen molar-refractivity contribution in [2.75, 3.05) is 13.1 Å². The predicted octanol–water partition coefficient (Wildman–Crippen LogP) is 0.873. The summed E-state index contributed by atoms with van der Waals surface area (Å²) < 4.78 is 0. The summed E-state index contributed by atoms with van der Waals surface area (Å²) in [6.45, 7) is 1.98. The molecular weight excluding hydrogens is 254 g/mol. The van der Waals surface area contributed by atoms with Crippen molar-refractivity contribution in [1.82, 2.24) is 15.5 Å². The van der Waals surface area contributed by atoms with Crippen molar-refractivity contribution < 1.29 is 9.90 Å². The summed E-state index contributed by atoms with van der Waals surface area (Å²) in [6, 6.07) is 7.45. The second-order valence-electron chi connectivity index (χ2n) is 5.25. The molecule has 0 aromatic heterocycles. The Kier molecular flexibility index (Phi) is 3.60. The minimum atomic E-state index is -0.310. The van der Waals surface area contributed by atoms with Gasteiger partial charge in [0.2, 0.25) is 0 Å². The molecule has 0 amide bonds. The fraction of sp³-hybridized carbons (Fsp3) is 0.400. The molecule has 3 N–H and O–H groups in total. The Hall–Kier alpha value is -2.01. The Morgan fingerprint density at radius 1 is 1.30 bits per heavy atom. The van der Waals surface area contributed by atoms with Gasteiger partial charge in [0.15, 0.2) is 12.5 Å². The number of aldehydes is 1. The van der Waals surface area contributed by atoms with Crippen molar-refractivity contribution >= 4 is 12.0 Å². The number of hydrogen-bond donors (Lipinski definition) is 3. The van der Waals surface area contributed by atoms with Crippen molar-refractivity contribution in [2.24, 2.45) is 0 Å². The fourth-order valence-corrected chi connectivity index (χ4v) is 2.87. The molecule has 5 nitrogen and oxygen atoms in total. The Bertz CT molecular complexity index is 524. The van der Waals surface area contributed by atoms with Gasteiger partial charge in [0.25, 0.3) is 0 Å². The third-order valence-corrected chi connectivity index (χ3v) is 3.92. The second kappa shape index (κ2) is 5.54. The smallest absolute Gasteiger partial charge is 0.162 e. The van der Waals surface area contributed by atoms with Gasteiger partial charge in [-0.15, -0.1) is 0 Å². The number of carbonyl (C=O) groups is 1. The van der Waals surface area contributed by atoms with Crippen molar-refractivity contribution in [2.45, 2.75) is 25.0 Å². The summed E-state index contributed by atoms with van der Waals surface area (Å²) in [5.41, 5.74) is 1.78. The van der Waals surface area contributed by atoms with Crippen molar-refractivity contribution in [3.05, 3.63) is 36.0 Å². The van der Waals surface area contributed by atoms with Crippen molar-refractivity contribution in [3.8, 4) is 5.75 Å². The van der Waals surface area contributed by atoms with Crippen LogP contribution >= 0.6 is 0 Å². The lowest BCUT2D eigenvalue weighted by Crippen LogP contribution is -2.47. The van der Waals surface area contributed by atoms with E-state index in [1.165, 1.54) is 0 Å². The zero-order chi connectivity index (χ0) is 13.9. The Morgan fingerprint density at radius 2 is 2.10 bits per heavy atom. The summed E-state index contributed by atoms with van der Waals surface area (Å²) in [6.07, 6.45) is 4.71. The molecule has 2 aliphatic heterocycles. The van der Waals surface area contributed by atoms with Crippen LogP contribution < -0.4 is 10.6 Å². The molecule has 1 fully saturated rings. The van der Waals surface area contributed by atoms with E-state index in [0.29, 0.717) is 6.04 Å². The molecule has 5 heteroatoms. The number of carbonyl (C=O) groups excluding carboxylic acids is 1. The monoisotopic (exact) mass is 273 g/mol. The van der Waals surface area contributed by atoms with E-state index in [-0.39, 0.29) is 11.9 Å². The molecule has 3 rings (SSSR count). The normalized spacial score (nSPS) is 23.3. The molecule has 0 radical (unpaired) electrons. The van der Waals surface area contributed by atoms with Crippen LogP contribution in [0.1, 0.15) is 18.4 Å². The van der Waals surface area contributed by atoms with Gasteiger partial charge in [0, 0.05) is 17.8 Å². The van der Waals surface area contributed by atoms with Gasteiger partial charge in [0.05, 0.1) is 5.70 Å². The van der Waals surface area contributed by atoms with Gasteiger partial charge < -0.3 is 20.6 Å². The van der Waals surface area contributed by atoms with Crippen LogP contribution in [-0.4, -0.2) is 41.6 Å². The standard InChI is InChI=1S/C15H19N3O2/c19-10-15-17-14(11-2-1-3-13(20)8-11)9-18(15)12-4-6-16-7-5-12/h1-3,8-10,12,15-17,20H,4-7H2. The zero-order valence-electron chi connectivity index (χ0n) is 11.2. The number of benzene rings is 1. The van der Waals surface area contributed by atoms with Crippen LogP contribution in [0.5, 0.6) is 5.75 Å². The van der Waals surface area contributed by atoms with Gasteiger partial charge in [-0.1, -0.05) is 12.1 Å². The summed E-state index contributed by atoms with van der Waals surface area (Å²) >= 11 is 0. The van der Waals surface area contributed by atoms with E-state index in [2.05, 4.69) is 15.5 Å². The molecule has 2 aliphatic rings. The number of piperidine rings is 1. The number of phenols is 1. The molecule has 106 valence electrons. The van der Waals surface area contributed by atoms with Crippen molar-refractivity contribution in [3.63, 3.8) is 0 Å². The molecule has 0 aliphatic carbocycles. The lowest BCUT2D eigenvalue weighted by molar-refractivity contribution is -0.112. The molecule has 1 aromatic rings. The molecule has 1 saturated heterocycles. The van der Waals surface area contributed by atoms with E-state index >= 15 is 0 Å². The number of nitrogens with one attached hydrogen (secondary N) is 2. The predicted molar refractivity (Wildman–Crippen MR) is 76.8 cm³/mol. The van der Waals surface area contributed by atoms with E-state index in [0.717, 1.165) is 43.5 Å². The SMILES string of the molecule is O=CC1NC(c2cccc(O)c2)=CN1C1CCNCC1. The van der Waals surface area contributed by atoms with Crippen LogP contribution in [0, 0.1) is 0 Å². The number of rotatable bonds is 3. The molecule has 0 bridgehead atoms. The van der Waals surface area contributed by atoms with Crippen molar-refractivity contribution in [1.29, 1.82) is 0 Å². The number of aromatic hydroxyl groups is 1. The number of nitrogens with zero attached hydrogens (tertiary/aromatic N) is 1. The molecular formula is C15H19N3O2. The molecule has 2 heterocycles. The summed E-state index contributed by atoms with van der Waals surface area (Å²) in [7, 11) is 0. The van der Waals surface area contributed by atoms with Gasteiger partial charge in [-0.25, -0.2) is 0 Å². The summed E-state index contributed by atoms with van der Waals surface area (Å²) in [5.74, 6) is 0.230. The first kappa shape index (κ1) is 13.0. The fourth-order valence-electron chi connectivity index (χ4n) is 2.87. The van der Waals surface area contributed by atoms with Crippen LogP contribution in [0.15, 0.2) is 30.5 Å². The average Bonchev–Trinajstić information content (AvgIpc) is 2.92. The molecule has 1 unspecified atom stereocenters.